The number of phenolic OH excluding ortho intramolecular Hbond substituents is 1. The summed E-state index contributed by atoms with van der Waals surface area (Å²) in [5.41, 5.74) is -0.854. The number of aliphatic hydroxyl groups is 2. The molecule has 0 bridgehead atoms. The second-order valence-corrected chi connectivity index (χ2v) is 16.5. The quantitative estimate of drug-likeness (QED) is 0.146. The maximum Gasteiger partial charge on any atom is 0.331 e. The van der Waals surface area contributed by atoms with E-state index in [4.69, 9.17) is 4.74 Å². The van der Waals surface area contributed by atoms with Gasteiger partial charge in [-0.1, -0.05) is 71.7 Å². The van der Waals surface area contributed by atoms with Gasteiger partial charge in [0.05, 0.1) is 17.1 Å². The van der Waals surface area contributed by atoms with Gasteiger partial charge in [-0.2, -0.15) is 0 Å². The summed E-state index contributed by atoms with van der Waals surface area (Å²) in [6.07, 6.45) is 9.86. The Hall–Kier alpha value is -2.64. The Balaban J connectivity index is 1.40. The zero-order chi connectivity index (χ0) is 33.8. The van der Waals surface area contributed by atoms with Crippen LogP contribution in [0.1, 0.15) is 105 Å². The third-order valence-electron chi connectivity index (χ3n) is 13.5. The van der Waals surface area contributed by atoms with E-state index >= 15 is 0 Å². The molecule has 4 saturated carbocycles. The fourth-order valence-corrected chi connectivity index (χ4v) is 10.8. The van der Waals surface area contributed by atoms with Gasteiger partial charge in [0.25, 0.3) is 0 Å². The number of aliphatic carboxylic acids is 1. The molecule has 1 aromatic rings. The second-order valence-electron chi connectivity index (χ2n) is 16.5. The summed E-state index contributed by atoms with van der Waals surface area (Å²) in [5, 5.41) is 43.6. The highest BCUT2D eigenvalue weighted by atomic mass is 16.6. The second kappa shape index (κ2) is 12.4. The molecular weight excluding hydrogens is 580 g/mol. The van der Waals surface area contributed by atoms with Crippen LogP contribution in [0, 0.1) is 51.8 Å². The number of rotatable bonds is 6. The van der Waals surface area contributed by atoms with Crippen molar-refractivity contribution in [1.82, 2.24) is 0 Å². The molecule has 254 valence electrons. The average Bonchev–Trinajstić information content (AvgIpc) is 2.97. The lowest BCUT2D eigenvalue weighted by Gasteiger charge is -2.62. The minimum absolute atomic E-state index is 0.0130. The molecule has 0 saturated heterocycles. The van der Waals surface area contributed by atoms with E-state index in [9.17, 15) is 30.0 Å². The zero-order valence-electron chi connectivity index (χ0n) is 28.8. The van der Waals surface area contributed by atoms with E-state index in [1.54, 1.807) is 30.3 Å². The number of hydrogen-bond acceptors (Lipinski definition) is 6. The molecule has 0 spiro atoms. The first-order valence-electron chi connectivity index (χ1n) is 17.5. The maximum absolute atomic E-state index is 13.0. The lowest BCUT2D eigenvalue weighted by Crippen LogP contribution is -2.62. The number of esters is 1. The Labute approximate surface area is 275 Å². The van der Waals surface area contributed by atoms with Crippen LogP contribution in [0.15, 0.2) is 42.0 Å². The topological polar surface area (TPSA) is 124 Å². The standard InChI is InChI=1S/C39H56O7/c1-23-18-20-39(35(43)44)21-19-25(3)38(7,45)33(39)28(23)14-15-29-24(2)8-16-31-36(4,5)34(30(41)22-37(29,31)6)46-32(42)17-11-26-9-12-27(40)13-10-26/h9-14,17,23-25,29-31,33-34,40-41,45H,8,15-16,18-22H2,1-7H3,(H,43,44). The van der Waals surface area contributed by atoms with Crippen LogP contribution < -0.4 is 0 Å². The molecule has 0 heterocycles. The third-order valence-corrected chi connectivity index (χ3v) is 13.5. The smallest absolute Gasteiger partial charge is 0.331 e. The normalized spacial score (nSPS) is 43.1. The van der Waals surface area contributed by atoms with Crippen molar-refractivity contribution in [2.45, 2.75) is 118 Å². The number of phenols is 1. The number of carboxylic acids is 1. The highest BCUT2D eigenvalue weighted by Crippen LogP contribution is 2.64. The van der Waals surface area contributed by atoms with Gasteiger partial charge < -0.3 is 25.2 Å². The van der Waals surface area contributed by atoms with Crippen LogP contribution >= 0.6 is 0 Å². The predicted molar refractivity (Wildman–Crippen MR) is 179 cm³/mol. The molecule has 0 aromatic heterocycles. The Bertz CT molecular complexity index is 1350. The van der Waals surface area contributed by atoms with Gasteiger partial charge >= 0.3 is 11.9 Å². The van der Waals surface area contributed by atoms with Crippen LogP contribution in [0.2, 0.25) is 0 Å². The molecule has 1 aromatic carbocycles. The monoisotopic (exact) mass is 636 g/mol. The van der Waals surface area contributed by atoms with E-state index in [1.807, 2.05) is 6.92 Å². The summed E-state index contributed by atoms with van der Waals surface area (Å²) < 4.78 is 5.99. The minimum Gasteiger partial charge on any atom is -0.508 e. The molecule has 5 rings (SSSR count). The molecule has 0 amide bonds. The average molecular weight is 637 g/mol. The van der Waals surface area contributed by atoms with Crippen molar-refractivity contribution in [1.29, 1.82) is 0 Å². The summed E-state index contributed by atoms with van der Waals surface area (Å²) in [4.78, 5) is 25.9. The summed E-state index contributed by atoms with van der Waals surface area (Å²) >= 11 is 0. The van der Waals surface area contributed by atoms with Gasteiger partial charge in [0.1, 0.15) is 11.9 Å². The van der Waals surface area contributed by atoms with Gasteiger partial charge in [0.2, 0.25) is 0 Å². The van der Waals surface area contributed by atoms with Crippen molar-refractivity contribution in [2.75, 3.05) is 0 Å². The van der Waals surface area contributed by atoms with Crippen LogP contribution in [0.25, 0.3) is 6.08 Å². The van der Waals surface area contributed by atoms with E-state index in [1.165, 1.54) is 6.08 Å². The molecule has 11 atom stereocenters. The van der Waals surface area contributed by atoms with Crippen LogP contribution in [0.5, 0.6) is 5.75 Å². The molecule has 4 N–H and O–H groups in total. The van der Waals surface area contributed by atoms with E-state index < -0.39 is 46.5 Å². The number of allylic oxidation sites excluding steroid dienone is 1. The Morgan fingerprint density at radius 2 is 1.63 bits per heavy atom. The number of carbonyl (C=O) groups excluding carboxylic acids is 1. The molecule has 7 nitrogen and oxygen atoms in total. The molecule has 4 aliphatic rings. The Morgan fingerprint density at radius 1 is 0.978 bits per heavy atom. The van der Waals surface area contributed by atoms with Crippen molar-refractivity contribution in [3.05, 3.63) is 47.6 Å². The highest BCUT2D eigenvalue weighted by Gasteiger charge is 2.62. The van der Waals surface area contributed by atoms with E-state index in [0.29, 0.717) is 31.6 Å². The number of ether oxygens (including phenoxy) is 1. The van der Waals surface area contributed by atoms with Gasteiger partial charge in [-0.05, 0) is 111 Å². The van der Waals surface area contributed by atoms with Crippen molar-refractivity contribution in [2.24, 2.45) is 51.8 Å². The van der Waals surface area contributed by atoms with Crippen LogP contribution in [0.4, 0.5) is 0 Å². The van der Waals surface area contributed by atoms with Gasteiger partial charge in [-0.25, -0.2) is 4.79 Å². The summed E-state index contributed by atoms with van der Waals surface area (Å²) in [6, 6.07) is 6.56. The van der Waals surface area contributed by atoms with Gasteiger partial charge in [-0.15, -0.1) is 0 Å². The first-order valence-corrected chi connectivity index (χ1v) is 17.5. The molecule has 0 radical (unpaired) electrons. The fraction of sp³-hybridized carbons (Fsp3) is 0.692. The summed E-state index contributed by atoms with van der Waals surface area (Å²) in [7, 11) is 0. The molecule has 0 aliphatic heterocycles. The van der Waals surface area contributed by atoms with E-state index in [2.05, 4.69) is 47.6 Å². The summed E-state index contributed by atoms with van der Waals surface area (Å²) in [5.74, 6) is -0.468. The molecule has 7 heteroatoms. The van der Waals surface area contributed by atoms with Crippen molar-refractivity contribution in [3.63, 3.8) is 0 Å². The van der Waals surface area contributed by atoms with Crippen LogP contribution in [0.3, 0.4) is 0 Å². The van der Waals surface area contributed by atoms with E-state index in [0.717, 1.165) is 36.8 Å². The van der Waals surface area contributed by atoms with Crippen molar-refractivity contribution < 1.29 is 34.8 Å². The zero-order valence-corrected chi connectivity index (χ0v) is 28.8. The number of fused-ring (bicyclic) bond motifs is 2. The first kappa shape index (κ1) is 34.7. The lowest BCUT2D eigenvalue weighted by atomic mass is 9.44. The van der Waals surface area contributed by atoms with Gasteiger partial charge in [0.15, 0.2) is 0 Å². The molecular formula is C39H56O7. The summed E-state index contributed by atoms with van der Waals surface area (Å²) in [6.45, 7) is 14.9. The largest absolute Gasteiger partial charge is 0.508 e. The predicted octanol–water partition coefficient (Wildman–Crippen LogP) is 7.39. The molecule has 4 fully saturated rings. The molecule has 11 unspecified atom stereocenters. The SMILES string of the molecule is CC1CCC2(C(=O)O)CCC(C)C(C)(O)C2C1=CCC1C(C)CCC2C(C)(C)C(OC(=O)C=Cc3ccc(O)cc3)C(O)CC12C. The number of aliphatic hydroxyl groups excluding tert-OH is 1. The number of carbonyl (C=O) groups is 2. The van der Waals surface area contributed by atoms with Crippen LogP contribution in [-0.4, -0.2) is 50.2 Å². The Morgan fingerprint density at radius 3 is 2.28 bits per heavy atom. The highest BCUT2D eigenvalue weighted by molar-refractivity contribution is 5.87. The lowest BCUT2D eigenvalue weighted by molar-refractivity contribution is -0.211. The first-order chi connectivity index (χ1) is 21.4. The van der Waals surface area contributed by atoms with Crippen molar-refractivity contribution >= 4 is 18.0 Å². The molecule has 4 aliphatic carbocycles. The van der Waals surface area contributed by atoms with Gasteiger partial charge in [0, 0.05) is 17.4 Å². The number of hydrogen-bond donors (Lipinski definition) is 4. The maximum atomic E-state index is 13.0. The number of benzene rings is 1. The van der Waals surface area contributed by atoms with E-state index in [-0.39, 0.29) is 34.8 Å². The van der Waals surface area contributed by atoms with Crippen molar-refractivity contribution in [3.8, 4) is 5.75 Å². The Kier molecular flexibility index (Phi) is 9.37. The third kappa shape index (κ3) is 5.85. The fourth-order valence-electron chi connectivity index (χ4n) is 10.8. The number of carboxylic acid groups (broad SMARTS) is 1. The van der Waals surface area contributed by atoms with Gasteiger partial charge in [-0.3, -0.25) is 4.79 Å². The number of aromatic hydroxyl groups is 1. The minimum atomic E-state index is -1.10. The molecule has 46 heavy (non-hydrogen) atoms. The van der Waals surface area contributed by atoms with Crippen LogP contribution in [-0.2, 0) is 14.3 Å².